The topological polar surface area (TPSA) is 67.6 Å². The molecule has 1 aliphatic rings. The number of likely N-dealkylation sites (N-methyl/N-ethyl adjacent to an activating group) is 1. The Kier molecular flexibility index (Phi) is 3.98. The van der Waals surface area contributed by atoms with Crippen LogP contribution in [-0.4, -0.2) is 50.2 Å². The van der Waals surface area contributed by atoms with E-state index >= 15 is 0 Å². The highest BCUT2D eigenvalue weighted by atomic mass is 32.1. The molecule has 1 fully saturated rings. The first-order chi connectivity index (χ1) is 8.16. The van der Waals surface area contributed by atoms with Gasteiger partial charge in [0, 0.05) is 19.6 Å². The number of rotatable bonds is 3. The number of nitrogens with zero attached hydrogens (tertiary/aromatic N) is 1. The monoisotopic (exact) mass is 255 g/mol. The van der Waals surface area contributed by atoms with Crippen molar-refractivity contribution in [1.82, 2.24) is 10.2 Å². The highest BCUT2D eigenvalue weighted by Crippen LogP contribution is 2.18. The minimum absolute atomic E-state index is 0.0684. The predicted molar refractivity (Wildman–Crippen MR) is 68.3 cm³/mol. The van der Waals surface area contributed by atoms with Crippen LogP contribution in [0.3, 0.4) is 0 Å². The van der Waals surface area contributed by atoms with Crippen molar-refractivity contribution in [2.45, 2.75) is 6.10 Å². The number of amides is 1. The standard InChI is InChI=1S/C11H17N3O2S/c1-14-3-4-16-8(7-14)6-13-11(15)10-9(12)2-5-17-10/h2,5,8H,3-4,6-7,12H2,1H3,(H,13,15). The zero-order valence-electron chi connectivity index (χ0n) is 9.81. The Morgan fingerprint density at radius 1 is 1.76 bits per heavy atom. The van der Waals surface area contributed by atoms with Crippen molar-refractivity contribution < 1.29 is 9.53 Å². The Morgan fingerprint density at radius 2 is 2.59 bits per heavy atom. The van der Waals surface area contributed by atoms with Gasteiger partial charge in [0.25, 0.3) is 5.91 Å². The molecule has 1 amide bonds. The first-order valence-electron chi connectivity index (χ1n) is 5.58. The first kappa shape index (κ1) is 12.3. The molecule has 1 aromatic heterocycles. The summed E-state index contributed by atoms with van der Waals surface area (Å²) >= 11 is 1.36. The number of nitrogens with two attached hydrogens (primary N) is 1. The Balaban J connectivity index is 1.82. The van der Waals surface area contributed by atoms with Crippen LogP contribution >= 0.6 is 11.3 Å². The molecule has 1 saturated heterocycles. The number of anilines is 1. The summed E-state index contributed by atoms with van der Waals surface area (Å²) in [4.78, 5) is 14.6. The second kappa shape index (κ2) is 5.48. The van der Waals surface area contributed by atoms with Gasteiger partial charge in [-0.2, -0.15) is 0 Å². The van der Waals surface area contributed by atoms with Crippen LogP contribution in [0, 0.1) is 0 Å². The quantitative estimate of drug-likeness (QED) is 0.820. The van der Waals surface area contributed by atoms with Crippen molar-refractivity contribution >= 4 is 22.9 Å². The predicted octanol–water partition coefficient (Wildman–Crippen LogP) is 0.391. The van der Waals surface area contributed by atoms with Crippen LogP contribution in [0.1, 0.15) is 9.67 Å². The van der Waals surface area contributed by atoms with Gasteiger partial charge in [0.15, 0.2) is 0 Å². The molecule has 0 aromatic carbocycles. The summed E-state index contributed by atoms with van der Waals surface area (Å²) in [7, 11) is 2.05. The second-order valence-electron chi connectivity index (χ2n) is 4.17. The SMILES string of the molecule is CN1CCOC(CNC(=O)c2sccc2N)C1. The van der Waals surface area contributed by atoms with Gasteiger partial charge in [0.2, 0.25) is 0 Å². The molecule has 1 atom stereocenters. The van der Waals surface area contributed by atoms with Crippen molar-refractivity contribution in [2.75, 3.05) is 39.0 Å². The van der Waals surface area contributed by atoms with Crippen LogP contribution in [-0.2, 0) is 4.74 Å². The number of nitrogens with one attached hydrogen (secondary N) is 1. The summed E-state index contributed by atoms with van der Waals surface area (Å²) in [6, 6.07) is 1.74. The summed E-state index contributed by atoms with van der Waals surface area (Å²) in [6.07, 6.45) is 0.0684. The Hall–Kier alpha value is -1.11. The Labute approximate surface area is 105 Å². The number of nitrogen functional groups attached to an aromatic ring is 1. The fourth-order valence-corrected chi connectivity index (χ4v) is 2.51. The molecule has 2 rings (SSSR count). The summed E-state index contributed by atoms with van der Waals surface area (Å²) in [5, 5.41) is 4.67. The Morgan fingerprint density at radius 3 is 3.24 bits per heavy atom. The third-order valence-electron chi connectivity index (χ3n) is 2.73. The van der Waals surface area contributed by atoms with Gasteiger partial charge in [0.05, 0.1) is 18.4 Å². The number of carbonyl (C=O) groups excluding carboxylic acids is 1. The van der Waals surface area contributed by atoms with Gasteiger partial charge in [-0.3, -0.25) is 4.79 Å². The zero-order chi connectivity index (χ0) is 12.3. The van der Waals surface area contributed by atoms with Crippen molar-refractivity contribution in [3.05, 3.63) is 16.3 Å². The minimum Gasteiger partial charge on any atom is -0.397 e. The van der Waals surface area contributed by atoms with E-state index in [4.69, 9.17) is 10.5 Å². The second-order valence-corrected chi connectivity index (χ2v) is 5.09. The number of hydrogen-bond donors (Lipinski definition) is 2. The van der Waals surface area contributed by atoms with Gasteiger partial charge in [-0.1, -0.05) is 0 Å². The van der Waals surface area contributed by atoms with Crippen molar-refractivity contribution in [1.29, 1.82) is 0 Å². The van der Waals surface area contributed by atoms with Crippen LogP contribution < -0.4 is 11.1 Å². The van der Waals surface area contributed by atoms with E-state index in [9.17, 15) is 4.79 Å². The lowest BCUT2D eigenvalue weighted by Gasteiger charge is -2.30. The van der Waals surface area contributed by atoms with Crippen LogP contribution in [0.4, 0.5) is 5.69 Å². The molecule has 3 N–H and O–H groups in total. The molecule has 0 spiro atoms. The average Bonchev–Trinajstić information content (AvgIpc) is 2.72. The molecule has 1 unspecified atom stereocenters. The van der Waals surface area contributed by atoms with Crippen LogP contribution in [0.5, 0.6) is 0 Å². The van der Waals surface area contributed by atoms with E-state index in [1.165, 1.54) is 11.3 Å². The van der Waals surface area contributed by atoms with Crippen molar-refractivity contribution in [3.63, 3.8) is 0 Å². The molecule has 0 radical (unpaired) electrons. The van der Waals surface area contributed by atoms with E-state index in [-0.39, 0.29) is 12.0 Å². The average molecular weight is 255 g/mol. The third kappa shape index (κ3) is 3.18. The van der Waals surface area contributed by atoms with E-state index in [1.54, 1.807) is 6.07 Å². The van der Waals surface area contributed by atoms with Crippen molar-refractivity contribution in [2.24, 2.45) is 0 Å². The number of thiophene rings is 1. The maximum absolute atomic E-state index is 11.8. The summed E-state index contributed by atoms with van der Waals surface area (Å²) < 4.78 is 5.56. The third-order valence-corrected chi connectivity index (χ3v) is 3.66. The smallest absolute Gasteiger partial charge is 0.263 e. The van der Waals surface area contributed by atoms with Gasteiger partial charge in [-0.25, -0.2) is 0 Å². The first-order valence-corrected chi connectivity index (χ1v) is 6.46. The number of carbonyl (C=O) groups is 1. The Bertz CT molecular complexity index is 394. The molecular formula is C11H17N3O2S. The van der Waals surface area contributed by atoms with Gasteiger partial charge in [-0.05, 0) is 18.5 Å². The van der Waals surface area contributed by atoms with Crippen molar-refractivity contribution in [3.8, 4) is 0 Å². The lowest BCUT2D eigenvalue weighted by molar-refractivity contribution is -0.0174. The molecule has 5 nitrogen and oxygen atoms in total. The lowest BCUT2D eigenvalue weighted by Crippen LogP contribution is -2.45. The number of morpholine rings is 1. The summed E-state index contributed by atoms with van der Waals surface area (Å²) in [6.45, 7) is 3.04. The van der Waals surface area contributed by atoms with E-state index in [2.05, 4.69) is 17.3 Å². The summed E-state index contributed by atoms with van der Waals surface area (Å²) in [5.74, 6) is -0.116. The van der Waals surface area contributed by atoms with Crippen LogP contribution in [0.15, 0.2) is 11.4 Å². The molecule has 0 saturated carbocycles. The highest BCUT2D eigenvalue weighted by Gasteiger charge is 2.19. The molecule has 1 aromatic rings. The normalized spacial score (nSPS) is 21.4. The molecule has 6 heteroatoms. The maximum Gasteiger partial charge on any atom is 0.263 e. The van der Waals surface area contributed by atoms with Gasteiger partial charge in [-0.15, -0.1) is 11.3 Å². The molecular weight excluding hydrogens is 238 g/mol. The molecule has 17 heavy (non-hydrogen) atoms. The van der Waals surface area contributed by atoms with E-state index in [0.29, 0.717) is 17.1 Å². The van der Waals surface area contributed by atoms with Gasteiger partial charge < -0.3 is 20.7 Å². The minimum atomic E-state index is -0.116. The van der Waals surface area contributed by atoms with E-state index in [1.807, 2.05) is 5.38 Å². The lowest BCUT2D eigenvalue weighted by atomic mass is 10.2. The molecule has 1 aliphatic heterocycles. The fourth-order valence-electron chi connectivity index (χ4n) is 1.78. The van der Waals surface area contributed by atoms with Crippen LogP contribution in [0.25, 0.3) is 0 Å². The molecule has 94 valence electrons. The van der Waals surface area contributed by atoms with Gasteiger partial charge >= 0.3 is 0 Å². The van der Waals surface area contributed by atoms with Crippen LogP contribution in [0.2, 0.25) is 0 Å². The summed E-state index contributed by atoms with van der Waals surface area (Å²) in [5.41, 5.74) is 6.22. The zero-order valence-corrected chi connectivity index (χ0v) is 10.6. The highest BCUT2D eigenvalue weighted by molar-refractivity contribution is 7.12. The molecule has 0 bridgehead atoms. The largest absolute Gasteiger partial charge is 0.397 e. The number of hydrogen-bond acceptors (Lipinski definition) is 5. The fraction of sp³-hybridized carbons (Fsp3) is 0.545. The number of ether oxygens (including phenoxy) is 1. The maximum atomic E-state index is 11.8. The van der Waals surface area contributed by atoms with E-state index < -0.39 is 0 Å². The molecule has 0 aliphatic carbocycles. The molecule has 2 heterocycles. The van der Waals surface area contributed by atoms with E-state index in [0.717, 1.165) is 19.7 Å². The van der Waals surface area contributed by atoms with Gasteiger partial charge in [0.1, 0.15) is 4.88 Å².